The van der Waals surface area contributed by atoms with Crippen LogP contribution in [-0.2, 0) is 24.3 Å². The number of sulfonamides is 1. The summed E-state index contributed by atoms with van der Waals surface area (Å²) in [5.74, 6) is -2.51. The third-order valence-corrected chi connectivity index (χ3v) is 6.64. The maximum atomic E-state index is 13.2. The summed E-state index contributed by atoms with van der Waals surface area (Å²) in [7, 11) is -2.99. The molecule has 162 valence electrons. The van der Waals surface area contributed by atoms with Crippen LogP contribution in [0.4, 0.5) is 10.1 Å². The number of carbonyl (C=O) groups is 3. The second-order valence-electron chi connectivity index (χ2n) is 6.64. The molecule has 1 unspecified atom stereocenters. The van der Waals surface area contributed by atoms with Crippen LogP contribution in [0.3, 0.4) is 0 Å². The molecule has 2 amide bonds. The monoisotopic (exact) mass is 446 g/mol. The lowest BCUT2D eigenvalue weighted by Gasteiger charge is -2.25. The molecule has 0 saturated carbocycles. The van der Waals surface area contributed by atoms with Gasteiger partial charge in [0.1, 0.15) is 11.9 Å². The van der Waals surface area contributed by atoms with Gasteiger partial charge in [0.15, 0.2) is 0 Å². The fourth-order valence-electron chi connectivity index (χ4n) is 3.24. The topological polar surface area (TPSA) is 101 Å². The van der Waals surface area contributed by atoms with Crippen LogP contribution < -0.4 is 4.90 Å². The van der Waals surface area contributed by atoms with E-state index in [2.05, 4.69) is 11.3 Å². The molecular formula is C21H19FN2O6S. The Balaban J connectivity index is 1.93. The molecule has 1 atom stereocenters. The van der Waals surface area contributed by atoms with E-state index in [4.69, 9.17) is 0 Å². The van der Waals surface area contributed by atoms with Crippen LogP contribution in [0, 0.1) is 5.82 Å². The fraction of sp³-hybridized carbons (Fsp3) is 0.190. The summed E-state index contributed by atoms with van der Waals surface area (Å²) in [5.41, 5.74) is 0.428. The molecule has 1 aliphatic heterocycles. The predicted octanol–water partition coefficient (Wildman–Crippen LogP) is 2.12. The van der Waals surface area contributed by atoms with Crippen molar-refractivity contribution >= 4 is 33.5 Å². The number of hydrogen-bond donors (Lipinski definition) is 0. The zero-order valence-corrected chi connectivity index (χ0v) is 17.3. The van der Waals surface area contributed by atoms with Crippen LogP contribution in [0.2, 0.25) is 0 Å². The average Bonchev–Trinajstić information content (AvgIpc) is 3.05. The molecular weight excluding hydrogens is 427 g/mol. The Hall–Kier alpha value is -3.37. The summed E-state index contributed by atoms with van der Waals surface area (Å²) < 4.78 is 44.9. The molecule has 8 nitrogen and oxygen atoms in total. The molecule has 10 heteroatoms. The first-order chi connectivity index (χ1) is 14.7. The van der Waals surface area contributed by atoms with E-state index in [9.17, 15) is 27.2 Å². The number of hydrogen-bond acceptors (Lipinski definition) is 6. The van der Waals surface area contributed by atoms with Gasteiger partial charge in [0.25, 0.3) is 5.91 Å². The number of nitrogens with zero attached hydrogens (tertiary/aromatic N) is 2. The molecule has 1 fully saturated rings. The highest BCUT2D eigenvalue weighted by Gasteiger charge is 2.46. The SMILES string of the molecule is C=CCN(C1CC(=O)N(c2ccc(C(=O)OC)cc2)C1=O)S(=O)(=O)c1ccc(F)cc1. The van der Waals surface area contributed by atoms with E-state index in [-0.39, 0.29) is 29.1 Å². The molecule has 31 heavy (non-hydrogen) atoms. The lowest BCUT2D eigenvalue weighted by Crippen LogP contribution is -2.45. The first-order valence-electron chi connectivity index (χ1n) is 9.14. The largest absolute Gasteiger partial charge is 0.465 e. The normalized spacial score (nSPS) is 16.6. The first-order valence-corrected chi connectivity index (χ1v) is 10.6. The van der Waals surface area contributed by atoms with E-state index in [1.807, 2.05) is 0 Å². The minimum Gasteiger partial charge on any atom is -0.465 e. The molecule has 0 bridgehead atoms. The first kappa shape index (κ1) is 22.3. The van der Waals surface area contributed by atoms with Crippen molar-refractivity contribution in [2.45, 2.75) is 17.4 Å². The van der Waals surface area contributed by atoms with Crippen molar-refractivity contribution in [3.8, 4) is 0 Å². The van der Waals surface area contributed by atoms with Crippen LogP contribution in [0.5, 0.6) is 0 Å². The standard InChI is InChI=1S/C21H19FN2O6S/c1-3-12-23(31(28,29)17-10-6-15(22)7-11-17)18-13-19(25)24(20(18)26)16-8-4-14(5-9-16)21(27)30-2/h3-11,18H,1,12-13H2,2H3. The van der Waals surface area contributed by atoms with Crippen LogP contribution in [0.25, 0.3) is 0 Å². The second-order valence-corrected chi connectivity index (χ2v) is 8.53. The zero-order valence-electron chi connectivity index (χ0n) is 16.5. The molecule has 0 spiro atoms. The van der Waals surface area contributed by atoms with E-state index >= 15 is 0 Å². The van der Waals surface area contributed by atoms with Gasteiger partial charge >= 0.3 is 5.97 Å². The Kier molecular flexibility index (Phi) is 6.32. The zero-order chi connectivity index (χ0) is 22.8. The summed E-state index contributed by atoms with van der Waals surface area (Å²) >= 11 is 0. The van der Waals surface area contributed by atoms with E-state index in [0.29, 0.717) is 0 Å². The van der Waals surface area contributed by atoms with E-state index in [0.717, 1.165) is 33.5 Å². The Morgan fingerprint density at radius 3 is 2.35 bits per heavy atom. The van der Waals surface area contributed by atoms with Gasteiger partial charge in [-0.15, -0.1) is 6.58 Å². The molecule has 0 aromatic heterocycles. The van der Waals surface area contributed by atoms with Gasteiger partial charge in [0.2, 0.25) is 15.9 Å². The summed E-state index contributed by atoms with van der Waals surface area (Å²) in [5, 5.41) is 0. The minimum absolute atomic E-state index is 0.197. The van der Waals surface area contributed by atoms with Gasteiger partial charge in [-0.05, 0) is 48.5 Å². The minimum atomic E-state index is -4.21. The smallest absolute Gasteiger partial charge is 0.337 e. The van der Waals surface area contributed by atoms with Crippen molar-refractivity contribution in [3.63, 3.8) is 0 Å². The summed E-state index contributed by atoms with van der Waals surface area (Å²) in [6.07, 6.45) is 0.929. The Labute approximate surface area is 178 Å². The lowest BCUT2D eigenvalue weighted by molar-refractivity contribution is -0.122. The van der Waals surface area contributed by atoms with Gasteiger partial charge in [-0.3, -0.25) is 9.59 Å². The van der Waals surface area contributed by atoms with Crippen molar-refractivity contribution < 1.29 is 31.9 Å². The Morgan fingerprint density at radius 2 is 1.81 bits per heavy atom. The lowest BCUT2D eigenvalue weighted by atomic mass is 10.2. The van der Waals surface area contributed by atoms with Crippen LogP contribution in [0.1, 0.15) is 16.8 Å². The molecule has 1 aliphatic rings. The third-order valence-electron chi connectivity index (χ3n) is 4.75. The van der Waals surface area contributed by atoms with Crippen LogP contribution in [-0.4, -0.2) is 50.2 Å². The molecule has 1 saturated heterocycles. The maximum absolute atomic E-state index is 13.2. The Morgan fingerprint density at radius 1 is 1.19 bits per heavy atom. The molecule has 0 aliphatic carbocycles. The van der Waals surface area contributed by atoms with Gasteiger partial charge < -0.3 is 4.74 Å². The number of ether oxygens (including phenoxy) is 1. The second kappa shape index (κ2) is 8.78. The number of esters is 1. The molecule has 1 heterocycles. The summed E-state index contributed by atoms with van der Waals surface area (Å²) in [6.45, 7) is 3.31. The third kappa shape index (κ3) is 4.25. The maximum Gasteiger partial charge on any atom is 0.337 e. The fourth-order valence-corrected chi connectivity index (χ4v) is 4.79. The van der Waals surface area contributed by atoms with E-state index in [1.165, 1.54) is 37.5 Å². The van der Waals surface area contributed by atoms with Crippen molar-refractivity contribution in [2.24, 2.45) is 0 Å². The van der Waals surface area contributed by atoms with Gasteiger partial charge in [-0.2, -0.15) is 4.31 Å². The van der Waals surface area contributed by atoms with Gasteiger partial charge in [-0.25, -0.2) is 22.5 Å². The number of benzene rings is 2. The Bertz CT molecular complexity index is 1130. The van der Waals surface area contributed by atoms with E-state index in [1.54, 1.807) is 0 Å². The molecule has 2 aromatic rings. The number of rotatable bonds is 7. The number of carbonyl (C=O) groups excluding carboxylic acids is 3. The van der Waals surface area contributed by atoms with Gasteiger partial charge in [0, 0.05) is 6.54 Å². The van der Waals surface area contributed by atoms with Crippen molar-refractivity contribution in [1.29, 1.82) is 0 Å². The molecule has 3 rings (SSSR count). The van der Waals surface area contributed by atoms with Gasteiger partial charge in [0.05, 0.1) is 29.7 Å². The summed E-state index contributed by atoms with van der Waals surface area (Å²) in [4.78, 5) is 37.9. The average molecular weight is 446 g/mol. The highest BCUT2D eigenvalue weighted by Crippen LogP contribution is 2.29. The van der Waals surface area contributed by atoms with Crippen LogP contribution >= 0.6 is 0 Å². The highest BCUT2D eigenvalue weighted by molar-refractivity contribution is 7.89. The molecule has 0 radical (unpaired) electrons. The van der Waals surface area contributed by atoms with Crippen molar-refractivity contribution in [1.82, 2.24) is 4.31 Å². The summed E-state index contributed by atoms with van der Waals surface area (Å²) in [6, 6.07) is 8.47. The van der Waals surface area contributed by atoms with Crippen LogP contribution in [0.15, 0.2) is 66.1 Å². The highest BCUT2D eigenvalue weighted by atomic mass is 32.2. The molecule has 0 N–H and O–H groups in total. The number of anilines is 1. The number of imide groups is 1. The molecule has 2 aromatic carbocycles. The number of halogens is 1. The van der Waals surface area contributed by atoms with E-state index < -0.39 is 39.7 Å². The van der Waals surface area contributed by atoms with Crippen molar-refractivity contribution in [2.75, 3.05) is 18.6 Å². The number of methoxy groups -OCH3 is 1. The quantitative estimate of drug-likeness (QED) is 0.367. The van der Waals surface area contributed by atoms with Crippen molar-refractivity contribution in [3.05, 3.63) is 72.6 Å². The van der Waals surface area contributed by atoms with Gasteiger partial charge in [-0.1, -0.05) is 6.08 Å². The predicted molar refractivity (Wildman–Crippen MR) is 109 cm³/mol. The number of amides is 2.